The molecule has 0 aliphatic carbocycles. The molecule has 0 saturated heterocycles. The zero-order valence-corrected chi connectivity index (χ0v) is 13.6. The van der Waals surface area contributed by atoms with Gasteiger partial charge in [-0.2, -0.15) is 0 Å². The van der Waals surface area contributed by atoms with Crippen molar-refractivity contribution in [1.29, 1.82) is 0 Å². The lowest BCUT2D eigenvalue weighted by Gasteiger charge is -2.31. The Balaban J connectivity index is 2.90. The van der Waals surface area contributed by atoms with Crippen LogP contribution in [0.15, 0.2) is 29.2 Å². The summed E-state index contributed by atoms with van der Waals surface area (Å²) in [5.41, 5.74) is 6.48. The maximum absolute atomic E-state index is 12.0. The third kappa shape index (κ3) is 4.47. The van der Waals surface area contributed by atoms with Crippen LogP contribution in [-0.4, -0.2) is 26.0 Å². The maximum atomic E-state index is 12.0. The van der Waals surface area contributed by atoms with Gasteiger partial charge < -0.3 is 11.1 Å². The van der Waals surface area contributed by atoms with Crippen LogP contribution in [0, 0.1) is 0 Å². The van der Waals surface area contributed by atoms with E-state index in [0.29, 0.717) is 0 Å². The SMILES string of the molecule is CC(C)NS(=O)(=O)c1ccc(NC(C)(C)C(C)N)cc1. The Labute approximate surface area is 122 Å². The summed E-state index contributed by atoms with van der Waals surface area (Å²) in [6.45, 7) is 9.51. The molecule has 20 heavy (non-hydrogen) atoms. The van der Waals surface area contributed by atoms with Gasteiger partial charge in [-0.1, -0.05) is 0 Å². The van der Waals surface area contributed by atoms with Crippen LogP contribution in [0.3, 0.4) is 0 Å². The van der Waals surface area contributed by atoms with Crippen molar-refractivity contribution in [2.45, 2.75) is 57.1 Å². The lowest BCUT2D eigenvalue weighted by molar-refractivity contribution is 0.471. The fourth-order valence-electron chi connectivity index (χ4n) is 1.58. The van der Waals surface area contributed by atoms with Crippen LogP contribution in [-0.2, 0) is 10.0 Å². The highest BCUT2D eigenvalue weighted by Crippen LogP contribution is 2.19. The van der Waals surface area contributed by atoms with E-state index in [-0.39, 0.29) is 22.5 Å². The largest absolute Gasteiger partial charge is 0.379 e. The number of rotatable bonds is 6. The first-order chi connectivity index (χ1) is 9.04. The van der Waals surface area contributed by atoms with Gasteiger partial charge in [-0.05, 0) is 58.9 Å². The molecule has 0 saturated carbocycles. The molecule has 1 aromatic rings. The van der Waals surface area contributed by atoms with E-state index in [1.165, 1.54) is 0 Å². The van der Waals surface area contributed by atoms with Crippen molar-refractivity contribution < 1.29 is 8.42 Å². The second-order valence-electron chi connectivity index (χ2n) is 5.94. The minimum Gasteiger partial charge on any atom is -0.379 e. The Morgan fingerprint density at radius 1 is 1.10 bits per heavy atom. The van der Waals surface area contributed by atoms with E-state index in [4.69, 9.17) is 5.73 Å². The molecule has 1 rings (SSSR count). The van der Waals surface area contributed by atoms with E-state index in [9.17, 15) is 8.42 Å². The standard InChI is InChI=1S/C14H25N3O2S/c1-10(2)17-20(18,19)13-8-6-12(7-9-13)16-14(4,5)11(3)15/h6-11,16-17H,15H2,1-5H3. The van der Waals surface area contributed by atoms with Gasteiger partial charge >= 0.3 is 0 Å². The van der Waals surface area contributed by atoms with Gasteiger partial charge in [-0.3, -0.25) is 0 Å². The molecule has 114 valence electrons. The number of hydrogen-bond donors (Lipinski definition) is 3. The Kier molecular flexibility index (Phi) is 5.18. The fourth-order valence-corrected chi connectivity index (χ4v) is 2.83. The Morgan fingerprint density at radius 3 is 2.00 bits per heavy atom. The molecular weight excluding hydrogens is 274 g/mol. The number of anilines is 1. The zero-order valence-electron chi connectivity index (χ0n) is 12.8. The number of sulfonamides is 1. The summed E-state index contributed by atoms with van der Waals surface area (Å²) in [4.78, 5) is 0.260. The minimum absolute atomic E-state index is 0.0338. The average Bonchev–Trinajstić information content (AvgIpc) is 2.27. The van der Waals surface area contributed by atoms with Gasteiger partial charge in [-0.15, -0.1) is 0 Å². The topological polar surface area (TPSA) is 84.2 Å². The molecule has 0 amide bonds. The van der Waals surface area contributed by atoms with Crippen LogP contribution in [0.5, 0.6) is 0 Å². The van der Waals surface area contributed by atoms with Gasteiger partial charge in [0.05, 0.1) is 4.90 Å². The molecule has 0 aromatic heterocycles. The second kappa shape index (κ2) is 6.11. The highest BCUT2D eigenvalue weighted by molar-refractivity contribution is 7.89. The Hall–Kier alpha value is -1.11. The van der Waals surface area contributed by atoms with Crippen LogP contribution in [0.2, 0.25) is 0 Å². The molecule has 0 heterocycles. The van der Waals surface area contributed by atoms with Gasteiger partial charge in [0.1, 0.15) is 0 Å². The summed E-state index contributed by atoms with van der Waals surface area (Å²) < 4.78 is 26.5. The molecular formula is C14H25N3O2S. The minimum atomic E-state index is -3.44. The van der Waals surface area contributed by atoms with Crippen molar-refractivity contribution in [2.24, 2.45) is 5.73 Å². The molecule has 1 atom stereocenters. The van der Waals surface area contributed by atoms with Crippen LogP contribution in [0.25, 0.3) is 0 Å². The zero-order chi connectivity index (χ0) is 15.6. The third-order valence-corrected chi connectivity index (χ3v) is 4.83. The van der Waals surface area contributed by atoms with Crippen molar-refractivity contribution in [2.75, 3.05) is 5.32 Å². The summed E-state index contributed by atoms with van der Waals surface area (Å²) in [5.74, 6) is 0. The van der Waals surface area contributed by atoms with E-state index in [0.717, 1.165) is 5.69 Å². The molecule has 0 bridgehead atoms. The maximum Gasteiger partial charge on any atom is 0.240 e. The average molecular weight is 299 g/mol. The normalized spacial score (nSPS) is 14.3. The van der Waals surface area contributed by atoms with Gasteiger partial charge in [0.25, 0.3) is 0 Å². The van der Waals surface area contributed by atoms with Crippen molar-refractivity contribution in [1.82, 2.24) is 4.72 Å². The van der Waals surface area contributed by atoms with Gasteiger partial charge in [0.15, 0.2) is 0 Å². The molecule has 0 spiro atoms. The number of nitrogens with one attached hydrogen (secondary N) is 2. The molecule has 4 N–H and O–H groups in total. The molecule has 1 aromatic carbocycles. The molecule has 5 nitrogen and oxygen atoms in total. The molecule has 0 aliphatic heterocycles. The van der Waals surface area contributed by atoms with Crippen LogP contribution >= 0.6 is 0 Å². The summed E-state index contributed by atoms with van der Waals surface area (Å²) in [5, 5.41) is 3.30. The number of nitrogens with two attached hydrogens (primary N) is 1. The predicted molar refractivity (Wildman–Crippen MR) is 83.3 cm³/mol. The van der Waals surface area contributed by atoms with Crippen molar-refractivity contribution >= 4 is 15.7 Å². The van der Waals surface area contributed by atoms with E-state index >= 15 is 0 Å². The first-order valence-electron chi connectivity index (χ1n) is 6.71. The number of hydrogen-bond acceptors (Lipinski definition) is 4. The Morgan fingerprint density at radius 2 is 1.60 bits per heavy atom. The molecule has 6 heteroatoms. The monoisotopic (exact) mass is 299 g/mol. The summed E-state index contributed by atoms with van der Waals surface area (Å²) in [6.07, 6.45) is 0. The second-order valence-corrected chi connectivity index (χ2v) is 7.65. The Bertz CT molecular complexity index is 534. The molecule has 0 radical (unpaired) electrons. The summed E-state index contributed by atoms with van der Waals surface area (Å²) in [7, 11) is -3.44. The van der Waals surface area contributed by atoms with Gasteiger partial charge in [0, 0.05) is 23.3 Å². The molecule has 1 unspecified atom stereocenters. The van der Waals surface area contributed by atoms with Gasteiger partial charge in [0.2, 0.25) is 10.0 Å². The van der Waals surface area contributed by atoms with Crippen molar-refractivity contribution in [3.8, 4) is 0 Å². The lowest BCUT2D eigenvalue weighted by Crippen LogP contribution is -2.47. The quantitative estimate of drug-likeness (QED) is 0.749. The smallest absolute Gasteiger partial charge is 0.240 e. The molecule has 0 fully saturated rings. The summed E-state index contributed by atoms with van der Waals surface area (Å²) in [6, 6.07) is 6.51. The third-order valence-electron chi connectivity index (χ3n) is 3.16. The first-order valence-corrected chi connectivity index (χ1v) is 8.19. The summed E-state index contributed by atoms with van der Waals surface area (Å²) >= 11 is 0. The fraction of sp³-hybridized carbons (Fsp3) is 0.571. The number of benzene rings is 1. The van der Waals surface area contributed by atoms with E-state index in [2.05, 4.69) is 10.0 Å². The van der Waals surface area contributed by atoms with E-state index in [1.54, 1.807) is 38.1 Å². The van der Waals surface area contributed by atoms with Crippen LogP contribution in [0.4, 0.5) is 5.69 Å². The van der Waals surface area contributed by atoms with E-state index < -0.39 is 10.0 Å². The lowest BCUT2D eigenvalue weighted by atomic mass is 9.96. The first kappa shape index (κ1) is 16.9. The highest BCUT2D eigenvalue weighted by atomic mass is 32.2. The van der Waals surface area contributed by atoms with Crippen LogP contribution in [0.1, 0.15) is 34.6 Å². The van der Waals surface area contributed by atoms with Crippen molar-refractivity contribution in [3.05, 3.63) is 24.3 Å². The predicted octanol–water partition coefficient (Wildman–Crippen LogP) is 1.91. The highest BCUT2D eigenvalue weighted by Gasteiger charge is 2.22. The van der Waals surface area contributed by atoms with Crippen molar-refractivity contribution in [3.63, 3.8) is 0 Å². The van der Waals surface area contributed by atoms with E-state index in [1.807, 2.05) is 20.8 Å². The van der Waals surface area contributed by atoms with Crippen LogP contribution < -0.4 is 15.8 Å². The van der Waals surface area contributed by atoms with Gasteiger partial charge in [-0.25, -0.2) is 13.1 Å². The molecule has 0 aliphatic rings.